The molecule has 1 aromatic carbocycles. The number of hydrogen-bond acceptors (Lipinski definition) is 6. The van der Waals surface area contributed by atoms with Crippen LogP contribution in [-0.2, 0) is 11.8 Å². The monoisotopic (exact) mass is 294 g/mol. The number of thioether (sulfide) groups is 1. The Balaban J connectivity index is 2.03. The number of aromatic nitrogens is 3. The molecule has 0 aliphatic heterocycles. The second-order valence-corrected chi connectivity index (χ2v) is 4.99. The maximum atomic E-state index is 10.4. The van der Waals surface area contributed by atoms with Crippen molar-refractivity contribution in [3.8, 4) is 17.1 Å². The molecule has 0 spiro atoms. The highest BCUT2D eigenvalue weighted by molar-refractivity contribution is 7.99. The molecule has 106 valence electrons. The van der Waals surface area contributed by atoms with Gasteiger partial charge in [0.15, 0.2) is 11.0 Å². The van der Waals surface area contributed by atoms with E-state index in [1.54, 1.807) is 24.3 Å². The fourth-order valence-corrected chi connectivity index (χ4v) is 2.31. The predicted molar refractivity (Wildman–Crippen MR) is 74.4 cm³/mol. The summed E-state index contributed by atoms with van der Waals surface area (Å²) in [5.41, 5.74) is 5.73. The summed E-state index contributed by atoms with van der Waals surface area (Å²) in [6.45, 7) is 0.224. The summed E-state index contributed by atoms with van der Waals surface area (Å²) < 4.78 is 6.48. The number of primary amides is 1. The van der Waals surface area contributed by atoms with Crippen LogP contribution in [0.5, 0.6) is 5.75 Å². The molecule has 2 rings (SSSR count). The molecule has 0 atom stereocenters. The summed E-state index contributed by atoms with van der Waals surface area (Å²) in [4.78, 5) is 10.4. The highest BCUT2D eigenvalue weighted by Gasteiger charge is 2.11. The summed E-state index contributed by atoms with van der Waals surface area (Å²) in [6, 6.07) is 6.73. The lowest BCUT2D eigenvalue weighted by atomic mass is 10.2. The second-order valence-electron chi connectivity index (χ2n) is 3.93. The van der Waals surface area contributed by atoms with E-state index in [2.05, 4.69) is 14.9 Å². The first-order chi connectivity index (χ1) is 9.58. The molecule has 0 aliphatic rings. The van der Waals surface area contributed by atoms with Crippen molar-refractivity contribution in [3.05, 3.63) is 24.3 Å². The van der Waals surface area contributed by atoms with Crippen molar-refractivity contribution < 1.29 is 14.6 Å². The molecule has 0 bridgehead atoms. The maximum Gasteiger partial charge on any atom is 0.404 e. The highest BCUT2D eigenvalue weighted by atomic mass is 32.2. The summed E-state index contributed by atoms with van der Waals surface area (Å²) in [5.74, 6) is 1.45. The van der Waals surface area contributed by atoms with Gasteiger partial charge in [0.05, 0.1) is 0 Å². The van der Waals surface area contributed by atoms with Crippen LogP contribution in [0.25, 0.3) is 11.4 Å². The Morgan fingerprint density at radius 1 is 1.40 bits per heavy atom. The quantitative estimate of drug-likeness (QED) is 0.637. The van der Waals surface area contributed by atoms with E-state index in [-0.39, 0.29) is 12.4 Å². The number of nitrogens with two attached hydrogens (primary N) is 1. The fraction of sp³-hybridized carbons (Fsp3) is 0.250. The molecule has 0 unspecified atom stereocenters. The second kappa shape index (κ2) is 6.29. The van der Waals surface area contributed by atoms with E-state index in [4.69, 9.17) is 5.73 Å². The zero-order valence-corrected chi connectivity index (χ0v) is 11.6. The molecule has 20 heavy (non-hydrogen) atoms. The largest absolute Gasteiger partial charge is 0.508 e. The first-order valence-electron chi connectivity index (χ1n) is 5.82. The molecule has 3 N–H and O–H groups in total. The minimum absolute atomic E-state index is 0.203. The molecular formula is C12H14N4O3S. The molecule has 0 saturated heterocycles. The zero-order chi connectivity index (χ0) is 14.5. The van der Waals surface area contributed by atoms with Gasteiger partial charge in [-0.1, -0.05) is 11.8 Å². The van der Waals surface area contributed by atoms with Crippen molar-refractivity contribution in [2.45, 2.75) is 5.16 Å². The normalized spacial score (nSPS) is 10.4. The molecule has 1 heterocycles. The molecule has 0 aliphatic carbocycles. The van der Waals surface area contributed by atoms with E-state index in [1.807, 2.05) is 11.6 Å². The van der Waals surface area contributed by atoms with Crippen LogP contribution in [0.4, 0.5) is 4.79 Å². The Hall–Kier alpha value is -2.22. The zero-order valence-electron chi connectivity index (χ0n) is 10.8. The lowest BCUT2D eigenvalue weighted by Crippen LogP contribution is -2.14. The van der Waals surface area contributed by atoms with Crippen molar-refractivity contribution in [1.82, 2.24) is 14.8 Å². The summed E-state index contributed by atoms with van der Waals surface area (Å²) in [7, 11) is 1.85. The van der Waals surface area contributed by atoms with Gasteiger partial charge in [-0.25, -0.2) is 4.79 Å². The number of ether oxygens (including phenoxy) is 1. The number of benzene rings is 1. The Morgan fingerprint density at radius 3 is 2.75 bits per heavy atom. The smallest absolute Gasteiger partial charge is 0.404 e. The van der Waals surface area contributed by atoms with Gasteiger partial charge in [-0.15, -0.1) is 10.2 Å². The summed E-state index contributed by atoms with van der Waals surface area (Å²) in [5, 5.41) is 18.2. The molecule has 1 aromatic heterocycles. The van der Waals surface area contributed by atoms with E-state index in [0.717, 1.165) is 5.56 Å². The molecule has 8 heteroatoms. The van der Waals surface area contributed by atoms with Crippen molar-refractivity contribution in [1.29, 1.82) is 0 Å². The number of amides is 1. The van der Waals surface area contributed by atoms with Gasteiger partial charge in [-0.2, -0.15) is 0 Å². The van der Waals surface area contributed by atoms with Crippen LogP contribution in [0, 0.1) is 0 Å². The highest BCUT2D eigenvalue weighted by Crippen LogP contribution is 2.23. The van der Waals surface area contributed by atoms with Crippen molar-refractivity contribution in [2.75, 3.05) is 12.4 Å². The standard InChI is InChI=1S/C12H14N4O3S/c1-16-10(8-2-4-9(17)5-3-8)14-15-12(16)20-7-6-19-11(13)18/h2-5,17H,6-7H2,1H3,(H2,13,18). The van der Waals surface area contributed by atoms with Crippen LogP contribution in [0.15, 0.2) is 29.4 Å². The first kappa shape index (κ1) is 14.2. The van der Waals surface area contributed by atoms with Gasteiger partial charge in [0, 0.05) is 18.4 Å². The molecule has 0 saturated carbocycles. The van der Waals surface area contributed by atoms with Crippen LogP contribution >= 0.6 is 11.8 Å². The van der Waals surface area contributed by atoms with Crippen LogP contribution in [0.3, 0.4) is 0 Å². The fourth-order valence-electron chi connectivity index (χ4n) is 1.58. The molecular weight excluding hydrogens is 280 g/mol. The van der Waals surface area contributed by atoms with Gasteiger partial charge in [0.1, 0.15) is 12.4 Å². The van der Waals surface area contributed by atoms with E-state index in [1.165, 1.54) is 11.8 Å². The third kappa shape index (κ3) is 3.41. The number of phenols is 1. The molecule has 7 nitrogen and oxygen atoms in total. The van der Waals surface area contributed by atoms with Gasteiger partial charge >= 0.3 is 6.09 Å². The number of carbonyl (C=O) groups is 1. The lowest BCUT2D eigenvalue weighted by molar-refractivity contribution is 0.164. The maximum absolute atomic E-state index is 10.4. The molecule has 0 fully saturated rings. The van der Waals surface area contributed by atoms with E-state index < -0.39 is 6.09 Å². The van der Waals surface area contributed by atoms with Crippen LogP contribution in [0.1, 0.15) is 0 Å². The Labute approximate surface area is 119 Å². The van der Waals surface area contributed by atoms with Crippen molar-refractivity contribution in [2.24, 2.45) is 12.8 Å². The van der Waals surface area contributed by atoms with Gasteiger partial charge in [0.2, 0.25) is 0 Å². The Bertz CT molecular complexity index is 597. The van der Waals surface area contributed by atoms with Crippen LogP contribution in [-0.4, -0.2) is 38.3 Å². The number of rotatable bonds is 5. The third-order valence-electron chi connectivity index (χ3n) is 2.52. The number of nitrogens with zero attached hydrogens (tertiary/aromatic N) is 3. The van der Waals surface area contributed by atoms with E-state index >= 15 is 0 Å². The molecule has 0 radical (unpaired) electrons. The van der Waals surface area contributed by atoms with Crippen molar-refractivity contribution >= 4 is 17.9 Å². The van der Waals surface area contributed by atoms with Crippen LogP contribution < -0.4 is 5.73 Å². The van der Waals surface area contributed by atoms with E-state index in [0.29, 0.717) is 16.7 Å². The summed E-state index contributed by atoms with van der Waals surface area (Å²) in [6.07, 6.45) is -0.784. The predicted octanol–water partition coefficient (Wildman–Crippen LogP) is 1.38. The number of aromatic hydroxyl groups is 1. The minimum atomic E-state index is -0.784. The minimum Gasteiger partial charge on any atom is -0.508 e. The van der Waals surface area contributed by atoms with Gasteiger partial charge < -0.3 is 20.1 Å². The van der Waals surface area contributed by atoms with Gasteiger partial charge in [-0.3, -0.25) is 0 Å². The van der Waals surface area contributed by atoms with Gasteiger partial charge in [0.25, 0.3) is 0 Å². The van der Waals surface area contributed by atoms with E-state index in [9.17, 15) is 9.90 Å². The Kier molecular flexibility index (Phi) is 4.46. The number of phenolic OH excluding ortho intramolecular Hbond substituents is 1. The lowest BCUT2D eigenvalue weighted by Gasteiger charge is -2.04. The van der Waals surface area contributed by atoms with Gasteiger partial charge in [-0.05, 0) is 24.3 Å². The number of hydrogen-bond donors (Lipinski definition) is 2. The average Bonchev–Trinajstić information content (AvgIpc) is 2.77. The van der Waals surface area contributed by atoms with Crippen LogP contribution in [0.2, 0.25) is 0 Å². The molecule has 2 aromatic rings. The van der Waals surface area contributed by atoms with Crippen molar-refractivity contribution in [3.63, 3.8) is 0 Å². The summed E-state index contributed by atoms with van der Waals surface area (Å²) >= 11 is 1.41. The third-order valence-corrected chi connectivity index (χ3v) is 3.50. The average molecular weight is 294 g/mol. The number of carbonyl (C=O) groups excluding carboxylic acids is 1. The topological polar surface area (TPSA) is 103 Å². The first-order valence-corrected chi connectivity index (χ1v) is 6.80. The Morgan fingerprint density at radius 2 is 2.10 bits per heavy atom. The SMILES string of the molecule is Cn1c(SCCOC(N)=O)nnc1-c1ccc(O)cc1. The molecule has 1 amide bonds.